The summed E-state index contributed by atoms with van der Waals surface area (Å²) in [5.41, 5.74) is 1.51. The SMILES string of the molecule is O=C(O)C(Cc1ccc(Cl)cc1Cl)c1ccc(Br)cc1. The Kier molecular flexibility index (Phi) is 5.08. The maximum Gasteiger partial charge on any atom is 0.311 e. The molecule has 0 bridgehead atoms. The lowest BCUT2D eigenvalue weighted by atomic mass is 9.92. The van der Waals surface area contributed by atoms with Crippen LogP contribution in [0.4, 0.5) is 0 Å². The van der Waals surface area contributed by atoms with Gasteiger partial charge in [-0.15, -0.1) is 0 Å². The standard InChI is InChI=1S/C15H11BrCl2O2/c16-11-4-1-9(2-5-11)13(15(19)20)7-10-3-6-12(17)8-14(10)18/h1-6,8,13H,7H2,(H,19,20). The third-order valence-electron chi connectivity index (χ3n) is 3.01. The van der Waals surface area contributed by atoms with Crippen LogP contribution in [0.15, 0.2) is 46.9 Å². The van der Waals surface area contributed by atoms with Crippen LogP contribution in [0.3, 0.4) is 0 Å². The van der Waals surface area contributed by atoms with E-state index in [0.717, 1.165) is 15.6 Å². The Hall–Kier alpha value is -1.03. The van der Waals surface area contributed by atoms with E-state index >= 15 is 0 Å². The van der Waals surface area contributed by atoms with Crippen LogP contribution < -0.4 is 0 Å². The summed E-state index contributed by atoms with van der Waals surface area (Å²) >= 11 is 15.3. The zero-order valence-corrected chi connectivity index (χ0v) is 13.4. The molecule has 20 heavy (non-hydrogen) atoms. The number of hydrogen-bond donors (Lipinski definition) is 1. The van der Waals surface area contributed by atoms with E-state index in [9.17, 15) is 9.90 Å². The molecule has 2 aromatic rings. The molecular formula is C15H11BrCl2O2. The molecule has 2 aromatic carbocycles. The van der Waals surface area contributed by atoms with Crippen molar-refractivity contribution in [2.24, 2.45) is 0 Å². The third kappa shape index (κ3) is 3.75. The van der Waals surface area contributed by atoms with Crippen molar-refractivity contribution in [3.05, 3.63) is 68.1 Å². The molecule has 0 aliphatic rings. The number of hydrogen-bond acceptors (Lipinski definition) is 1. The first-order chi connectivity index (χ1) is 9.47. The van der Waals surface area contributed by atoms with Gasteiger partial charge in [-0.2, -0.15) is 0 Å². The maximum absolute atomic E-state index is 11.5. The van der Waals surface area contributed by atoms with E-state index < -0.39 is 11.9 Å². The molecule has 1 atom stereocenters. The number of rotatable bonds is 4. The van der Waals surface area contributed by atoms with E-state index in [1.807, 2.05) is 12.1 Å². The van der Waals surface area contributed by atoms with Crippen molar-refractivity contribution in [1.82, 2.24) is 0 Å². The fourth-order valence-electron chi connectivity index (χ4n) is 1.95. The molecular weight excluding hydrogens is 363 g/mol. The quantitative estimate of drug-likeness (QED) is 0.802. The fraction of sp³-hybridized carbons (Fsp3) is 0.133. The van der Waals surface area contributed by atoms with E-state index in [1.165, 1.54) is 0 Å². The van der Waals surface area contributed by atoms with Crippen molar-refractivity contribution in [2.75, 3.05) is 0 Å². The van der Waals surface area contributed by atoms with Crippen molar-refractivity contribution in [1.29, 1.82) is 0 Å². The van der Waals surface area contributed by atoms with Gasteiger partial charge in [0.25, 0.3) is 0 Å². The van der Waals surface area contributed by atoms with Crippen molar-refractivity contribution in [2.45, 2.75) is 12.3 Å². The van der Waals surface area contributed by atoms with Crippen LogP contribution in [-0.4, -0.2) is 11.1 Å². The monoisotopic (exact) mass is 372 g/mol. The van der Waals surface area contributed by atoms with Crippen LogP contribution >= 0.6 is 39.1 Å². The summed E-state index contributed by atoms with van der Waals surface area (Å²) in [6, 6.07) is 12.4. The molecule has 5 heteroatoms. The van der Waals surface area contributed by atoms with Gasteiger partial charge in [0.15, 0.2) is 0 Å². The van der Waals surface area contributed by atoms with Crippen molar-refractivity contribution in [3.8, 4) is 0 Å². The minimum Gasteiger partial charge on any atom is -0.481 e. The Bertz CT molecular complexity index is 626. The predicted octanol–water partition coefficient (Wildman–Crippen LogP) is 5.17. The fourth-order valence-corrected chi connectivity index (χ4v) is 2.70. The molecule has 0 aromatic heterocycles. The smallest absolute Gasteiger partial charge is 0.311 e. The summed E-state index contributed by atoms with van der Waals surface area (Å²) in [4.78, 5) is 11.5. The molecule has 0 amide bonds. The average molecular weight is 374 g/mol. The molecule has 0 aliphatic heterocycles. The lowest BCUT2D eigenvalue weighted by molar-refractivity contribution is -0.138. The first-order valence-corrected chi connectivity index (χ1v) is 7.44. The van der Waals surface area contributed by atoms with Crippen LogP contribution in [0.1, 0.15) is 17.0 Å². The molecule has 2 rings (SSSR count). The van der Waals surface area contributed by atoms with Gasteiger partial charge >= 0.3 is 5.97 Å². The van der Waals surface area contributed by atoms with Crippen molar-refractivity contribution >= 4 is 45.1 Å². The average Bonchev–Trinajstić information content (AvgIpc) is 2.39. The van der Waals surface area contributed by atoms with Gasteiger partial charge in [0.05, 0.1) is 5.92 Å². The Labute approximate surface area is 135 Å². The third-order valence-corrected chi connectivity index (χ3v) is 4.13. The molecule has 0 aliphatic carbocycles. The summed E-state index contributed by atoms with van der Waals surface area (Å²) in [5.74, 6) is -1.51. The second kappa shape index (κ2) is 6.61. The molecule has 0 spiro atoms. The molecule has 0 saturated carbocycles. The number of carboxylic acids is 1. The molecule has 0 heterocycles. The number of aliphatic carboxylic acids is 1. The molecule has 0 saturated heterocycles. The van der Waals surface area contributed by atoms with Crippen molar-refractivity contribution < 1.29 is 9.90 Å². The molecule has 1 N–H and O–H groups in total. The second-order valence-electron chi connectivity index (χ2n) is 4.38. The zero-order chi connectivity index (χ0) is 14.7. The molecule has 2 nitrogen and oxygen atoms in total. The van der Waals surface area contributed by atoms with Gasteiger partial charge in [-0.05, 0) is 41.8 Å². The van der Waals surface area contributed by atoms with Gasteiger partial charge in [0.2, 0.25) is 0 Å². The van der Waals surface area contributed by atoms with Gasteiger partial charge in [-0.25, -0.2) is 0 Å². The van der Waals surface area contributed by atoms with Crippen LogP contribution in [0.25, 0.3) is 0 Å². The molecule has 0 radical (unpaired) electrons. The van der Waals surface area contributed by atoms with Gasteiger partial charge in [0.1, 0.15) is 0 Å². The van der Waals surface area contributed by atoms with Gasteiger partial charge in [0, 0.05) is 14.5 Å². The van der Waals surface area contributed by atoms with E-state index in [0.29, 0.717) is 16.5 Å². The number of carbonyl (C=O) groups is 1. The highest BCUT2D eigenvalue weighted by Crippen LogP contribution is 2.28. The van der Waals surface area contributed by atoms with Crippen molar-refractivity contribution in [3.63, 3.8) is 0 Å². The summed E-state index contributed by atoms with van der Waals surface area (Å²) in [6.45, 7) is 0. The second-order valence-corrected chi connectivity index (χ2v) is 6.14. The normalized spacial score (nSPS) is 12.2. The Morgan fingerprint density at radius 2 is 1.80 bits per heavy atom. The van der Waals surface area contributed by atoms with E-state index in [2.05, 4.69) is 15.9 Å². The zero-order valence-electron chi connectivity index (χ0n) is 10.3. The number of carboxylic acid groups (broad SMARTS) is 1. The summed E-state index contributed by atoms with van der Waals surface area (Å²) in [6.07, 6.45) is 0.326. The summed E-state index contributed by atoms with van der Waals surface area (Å²) < 4.78 is 0.912. The highest BCUT2D eigenvalue weighted by molar-refractivity contribution is 9.10. The lowest BCUT2D eigenvalue weighted by Gasteiger charge is -2.14. The highest BCUT2D eigenvalue weighted by atomic mass is 79.9. The predicted molar refractivity (Wildman–Crippen MR) is 84.7 cm³/mol. The van der Waals surface area contributed by atoms with E-state index in [1.54, 1.807) is 30.3 Å². The lowest BCUT2D eigenvalue weighted by Crippen LogP contribution is -2.14. The largest absolute Gasteiger partial charge is 0.481 e. The maximum atomic E-state index is 11.5. The molecule has 104 valence electrons. The van der Waals surface area contributed by atoms with E-state index in [-0.39, 0.29) is 0 Å². The first-order valence-electron chi connectivity index (χ1n) is 5.89. The minimum atomic E-state index is -0.877. The Balaban J connectivity index is 2.30. The van der Waals surface area contributed by atoms with Crippen LogP contribution in [0, 0.1) is 0 Å². The first kappa shape index (κ1) is 15.4. The van der Waals surface area contributed by atoms with E-state index in [4.69, 9.17) is 23.2 Å². The number of benzene rings is 2. The van der Waals surface area contributed by atoms with Crippen LogP contribution in [0.2, 0.25) is 10.0 Å². The summed E-state index contributed by atoms with van der Waals surface area (Å²) in [7, 11) is 0. The Morgan fingerprint density at radius 3 is 2.35 bits per heavy atom. The van der Waals surface area contributed by atoms with Gasteiger partial charge in [-0.1, -0.05) is 57.3 Å². The minimum absolute atomic E-state index is 0.326. The Morgan fingerprint density at radius 1 is 1.15 bits per heavy atom. The molecule has 0 fully saturated rings. The topological polar surface area (TPSA) is 37.3 Å². The molecule has 1 unspecified atom stereocenters. The van der Waals surface area contributed by atoms with Crippen LogP contribution in [-0.2, 0) is 11.2 Å². The van der Waals surface area contributed by atoms with Gasteiger partial charge < -0.3 is 5.11 Å². The van der Waals surface area contributed by atoms with Crippen LogP contribution in [0.5, 0.6) is 0 Å². The number of halogens is 3. The summed E-state index contributed by atoms with van der Waals surface area (Å²) in [5, 5.41) is 10.4. The van der Waals surface area contributed by atoms with Gasteiger partial charge in [-0.3, -0.25) is 4.79 Å². The highest BCUT2D eigenvalue weighted by Gasteiger charge is 2.21.